The quantitative estimate of drug-likeness (QED) is 0.914. The van der Waals surface area contributed by atoms with E-state index in [4.69, 9.17) is 5.73 Å². The van der Waals surface area contributed by atoms with E-state index in [0.29, 0.717) is 18.4 Å². The van der Waals surface area contributed by atoms with Crippen LogP contribution in [-0.2, 0) is 9.84 Å². The van der Waals surface area contributed by atoms with Crippen molar-refractivity contribution in [1.29, 1.82) is 0 Å². The van der Waals surface area contributed by atoms with E-state index >= 15 is 0 Å². The van der Waals surface area contributed by atoms with Crippen molar-refractivity contribution < 1.29 is 12.8 Å². The number of nitrogens with two attached hydrogens (primary N) is 1. The number of hydrogen-bond acceptors (Lipinski definition) is 3. The number of hydrogen-bond donors (Lipinski definition) is 1. The Morgan fingerprint density at radius 1 is 1.50 bits per heavy atom. The van der Waals surface area contributed by atoms with Crippen molar-refractivity contribution in [2.24, 2.45) is 11.7 Å². The van der Waals surface area contributed by atoms with Gasteiger partial charge in [-0.1, -0.05) is 17.7 Å². The third-order valence-electron chi connectivity index (χ3n) is 3.46. The van der Waals surface area contributed by atoms with Crippen molar-refractivity contribution in [3.63, 3.8) is 0 Å². The Morgan fingerprint density at radius 3 is 2.83 bits per heavy atom. The molecule has 1 heterocycles. The summed E-state index contributed by atoms with van der Waals surface area (Å²) >= 11 is 0. The molecule has 1 aliphatic rings. The van der Waals surface area contributed by atoms with Crippen molar-refractivity contribution in [2.45, 2.75) is 25.8 Å². The van der Waals surface area contributed by atoms with Gasteiger partial charge in [-0.3, -0.25) is 0 Å². The van der Waals surface area contributed by atoms with Gasteiger partial charge in [0.25, 0.3) is 0 Å². The molecule has 0 aromatic heterocycles. The molecule has 1 aliphatic heterocycles. The lowest BCUT2D eigenvalue weighted by Crippen LogP contribution is -2.17. The largest absolute Gasteiger partial charge is 0.324 e. The maximum atomic E-state index is 13.6. The van der Waals surface area contributed by atoms with Crippen molar-refractivity contribution in [3.05, 3.63) is 35.1 Å². The maximum Gasteiger partial charge on any atom is 0.150 e. The average molecular weight is 271 g/mol. The first-order chi connectivity index (χ1) is 8.37. The number of sulfone groups is 1. The molecule has 1 aromatic carbocycles. The Labute approximate surface area is 107 Å². The standard InChI is InChI=1S/C13H18FNO2S/c1-9-2-3-12(14)11(6-9)13(15)7-10-4-5-18(16,17)8-10/h2-3,6,10,13H,4-5,7-8,15H2,1H3. The van der Waals surface area contributed by atoms with Gasteiger partial charge in [0.15, 0.2) is 9.84 Å². The molecule has 2 N–H and O–H groups in total. The molecule has 0 radical (unpaired) electrons. The van der Waals surface area contributed by atoms with E-state index in [2.05, 4.69) is 0 Å². The van der Waals surface area contributed by atoms with Gasteiger partial charge in [-0.15, -0.1) is 0 Å². The molecule has 5 heteroatoms. The maximum absolute atomic E-state index is 13.6. The minimum Gasteiger partial charge on any atom is -0.324 e. The van der Waals surface area contributed by atoms with Gasteiger partial charge in [0.05, 0.1) is 11.5 Å². The summed E-state index contributed by atoms with van der Waals surface area (Å²) in [5.41, 5.74) is 7.44. The van der Waals surface area contributed by atoms with Gasteiger partial charge in [0.1, 0.15) is 5.82 Å². The third kappa shape index (κ3) is 3.09. The summed E-state index contributed by atoms with van der Waals surface area (Å²) in [6.07, 6.45) is 1.17. The van der Waals surface area contributed by atoms with E-state index in [1.165, 1.54) is 6.07 Å². The minimum absolute atomic E-state index is 0.0601. The summed E-state index contributed by atoms with van der Waals surface area (Å²) in [6.45, 7) is 1.88. The molecule has 2 atom stereocenters. The van der Waals surface area contributed by atoms with E-state index in [-0.39, 0.29) is 23.2 Å². The molecule has 0 amide bonds. The van der Waals surface area contributed by atoms with Crippen LogP contribution in [0.25, 0.3) is 0 Å². The number of benzene rings is 1. The summed E-state index contributed by atoms with van der Waals surface area (Å²) in [6, 6.07) is 4.42. The van der Waals surface area contributed by atoms with E-state index < -0.39 is 15.9 Å². The van der Waals surface area contributed by atoms with E-state index in [1.54, 1.807) is 12.1 Å². The van der Waals surface area contributed by atoms with Crippen molar-refractivity contribution in [3.8, 4) is 0 Å². The van der Waals surface area contributed by atoms with Crippen LogP contribution in [0.15, 0.2) is 18.2 Å². The summed E-state index contributed by atoms with van der Waals surface area (Å²) < 4.78 is 36.4. The monoisotopic (exact) mass is 271 g/mol. The molecule has 2 rings (SSSR count). The summed E-state index contributed by atoms with van der Waals surface area (Å²) in [5.74, 6) is 0.174. The van der Waals surface area contributed by atoms with E-state index in [1.807, 2.05) is 6.92 Å². The highest BCUT2D eigenvalue weighted by Crippen LogP contribution is 2.29. The lowest BCUT2D eigenvalue weighted by molar-refractivity contribution is 0.466. The van der Waals surface area contributed by atoms with Crippen LogP contribution in [0.1, 0.15) is 30.0 Å². The highest BCUT2D eigenvalue weighted by atomic mass is 32.2. The van der Waals surface area contributed by atoms with Gasteiger partial charge in [-0.05, 0) is 31.7 Å². The van der Waals surface area contributed by atoms with Gasteiger partial charge in [-0.25, -0.2) is 12.8 Å². The summed E-state index contributed by atoms with van der Waals surface area (Å²) in [4.78, 5) is 0. The molecule has 3 nitrogen and oxygen atoms in total. The fraction of sp³-hybridized carbons (Fsp3) is 0.538. The van der Waals surface area contributed by atoms with Gasteiger partial charge in [0.2, 0.25) is 0 Å². The summed E-state index contributed by atoms with van der Waals surface area (Å²) in [5, 5.41) is 0. The SMILES string of the molecule is Cc1ccc(F)c(C(N)CC2CCS(=O)(=O)C2)c1. The Morgan fingerprint density at radius 2 is 2.22 bits per heavy atom. The fourth-order valence-corrected chi connectivity index (χ4v) is 4.37. The zero-order valence-electron chi connectivity index (χ0n) is 10.4. The fourth-order valence-electron chi connectivity index (χ4n) is 2.49. The molecular weight excluding hydrogens is 253 g/mol. The first kappa shape index (κ1) is 13.5. The second-order valence-corrected chi connectivity index (χ2v) is 7.36. The van der Waals surface area contributed by atoms with Crippen LogP contribution in [0, 0.1) is 18.7 Å². The Kier molecular flexibility index (Phi) is 3.73. The third-order valence-corrected chi connectivity index (χ3v) is 5.30. The van der Waals surface area contributed by atoms with E-state index in [0.717, 1.165) is 5.56 Å². The zero-order valence-corrected chi connectivity index (χ0v) is 11.2. The molecule has 18 heavy (non-hydrogen) atoms. The van der Waals surface area contributed by atoms with Crippen LogP contribution >= 0.6 is 0 Å². The average Bonchev–Trinajstić information content (AvgIpc) is 2.61. The Balaban J connectivity index is 2.08. The summed E-state index contributed by atoms with van der Waals surface area (Å²) in [7, 11) is -2.89. The van der Waals surface area contributed by atoms with Crippen LogP contribution < -0.4 is 5.73 Å². The smallest absolute Gasteiger partial charge is 0.150 e. The van der Waals surface area contributed by atoms with Crippen LogP contribution in [0.3, 0.4) is 0 Å². The van der Waals surface area contributed by atoms with Crippen LogP contribution in [0.5, 0.6) is 0 Å². The van der Waals surface area contributed by atoms with Crippen LogP contribution in [-0.4, -0.2) is 19.9 Å². The van der Waals surface area contributed by atoms with Gasteiger partial charge in [0, 0.05) is 11.6 Å². The molecule has 1 fully saturated rings. The van der Waals surface area contributed by atoms with Crippen LogP contribution in [0.4, 0.5) is 4.39 Å². The Bertz CT molecular complexity index is 542. The van der Waals surface area contributed by atoms with Crippen molar-refractivity contribution in [2.75, 3.05) is 11.5 Å². The highest BCUT2D eigenvalue weighted by molar-refractivity contribution is 7.91. The van der Waals surface area contributed by atoms with Crippen LogP contribution in [0.2, 0.25) is 0 Å². The second kappa shape index (κ2) is 4.97. The molecule has 1 saturated heterocycles. The zero-order chi connectivity index (χ0) is 13.3. The number of rotatable bonds is 3. The van der Waals surface area contributed by atoms with Crippen molar-refractivity contribution in [1.82, 2.24) is 0 Å². The van der Waals surface area contributed by atoms with Gasteiger partial charge in [-0.2, -0.15) is 0 Å². The molecule has 2 unspecified atom stereocenters. The molecule has 0 spiro atoms. The first-order valence-electron chi connectivity index (χ1n) is 6.09. The molecule has 0 bridgehead atoms. The minimum atomic E-state index is -2.89. The second-order valence-electron chi connectivity index (χ2n) is 5.14. The predicted octanol–water partition coefficient (Wildman–Crippen LogP) is 1.96. The molecular formula is C13H18FNO2S. The van der Waals surface area contributed by atoms with Gasteiger partial charge < -0.3 is 5.73 Å². The first-order valence-corrected chi connectivity index (χ1v) is 7.91. The molecule has 100 valence electrons. The lowest BCUT2D eigenvalue weighted by Gasteiger charge is -2.17. The topological polar surface area (TPSA) is 60.2 Å². The molecule has 1 aromatic rings. The Hall–Kier alpha value is -0.940. The highest BCUT2D eigenvalue weighted by Gasteiger charge is 2.29. The number of halogens is 1. The van der Waals surface area contributed by atoms with Gasteiger partial charge >= 0.3 is 0 Å². The molecule has 0 aliphatic carbocycles. The number of aryl methyl sites for hydroxylation is 1. The predicted molar refractivity (Wildman–Crippen MR) is 69.4 cm³/mol. The lowest BCUT2D eigenvalue weighted by atomic mass is 9.94. The molecule has 0 saturated carbocycles. The van der Waals surface area contributed by atoms with Crippen molar-refractivity contribution >= 4 is 9.84 Å². The van der Waals surface area contributed by atoms with E-state index in [9.17, 15) is 12.8 Å². The normalized spacial score (nSPS) is 24.1.